The third-order valence-electron chi connectivity index (χ3n) is 3.72. The molecule has 20 heavy (non-hydrogen) atoms. The monoisotopic (exact) mass is 274 g/mol. The molecule has 0 heterocycles. The first-order chi connectivity index (χ1) is 9.81. The molecule has 2 rings (SSSR count). The number of hydrogen-bond acceptors (Lipinski definition) is 3. The van der Waals surface area contributed by atoms with Gasteiger partial charge in [-0.1, -0.05) is 42.8 Å². The number of carbonyl (C=O) groups excluding carboxylic acids is 1. The fraction of sp³-hybridized carbons (Fsp3) is 0.471. The van der Waals surface area contributed by atoms with E-state index in [1.165, 1.54) is 12.0 Å². The van der Waals surface area contributed by atoms with Crippen molar-refractivity contribution < 1.29 is 14.3 Å². The van der Waals surface area contributed by atoms with Crippen LogP contribution in [-0.4, -0.2) is 18.9 Å². The average molecular weight is 274 g/mol. The molecule has 0 bridgehead atoms. The molecule has 0 amide bonds. The van der Waals surface area contributed by atoms with E-state index in [4.69, 9.17) is 9.47 Å². The Balaban J connectivity index is 1.93. The van der Waals surface area contributed by atoms with Crippen molar-refractivity contribution in [2.75, 3.05) is 6.61 Å². The molecule has 3 heteroatoms. The van der Waals surface area contributed by atoms with E-state index in [1.54, 1.807) is 6.08 Å². The molecule has 1 aromatic carbocycles. The minimum absolute atomic E-state index is 0.0672. The first kappa shape index (κ1) is 14.6. The fourth-order valence-corrected chi connectivity index (χ4v) is 2.70. The van der Waals surface area contributed by atoms with E-state index < -0.39 is 6.16 Å². The molecule has 3 nitrogen and oxygen atoms in total. The summed E-state index contributed by atoms with van der Waals surface area (Å²) >= 11 is 0. The van der Waals surface area contributed by atoms with Gasteiger partial charge in [-0.05, 0) is 31.2 Å². The highest BCUT2D eigenvalue weighted by molar-refractivity contribution is 5.60. The SMILES string of the molecule is C=CCCOC(=O)OC1CCCC[C@@H]1c1ccccc1. The highest BCUT2D eigenvalue weighted by atomic mass is 16.7. The summed E-state index contributed by atoms with van der Waals surface area (Å²) in [6.45, 7) is 3.93. The van der Waals surface area contributed by atoms with Gasteiger partial charge in [0.05, 0.1) is 6.61 Å². The summed E-state index contributed by atoms with van der Waals surface area (Å²) < 4.78 is 10.5. The third-order valence-corrected chi connectivity index (χ3v) is 3.72. The summed E-state index contributed by atoms with van der Waals surface area (Å²) in [5, 5.41) is 0. The predicted octanol–water partition coefficient (Wildman–Crippen LogP) is 4.44. The van der Waals surface area contributed by atoms with Gasteiger partial charge in [-0.3, -0.25) is 0 Å². The average Bonchev–Trinajstić information content (AvgIpc) is 2.49. The molecule has 1 saturated carbocycles. The van der Waals surface area contributed by atoms with Crippen LogP contribution in [0.3, 0.4) is 0 Å². The van der Waals surface area contributed by atoms with Crippen molar-refractivity contribution in [2.45, 2.75) is 44.1 Å². The first-order valence-electron chi connectivity index (χ1n) is 7.30. The lowest BCUT2D eigenvalue weighted by molar-refractivity contribution is 0.00342. The maximum Gasteiger partial charge on any atom is 0.508 e. The Kier molecular flexibility index (Phi) is 5.66. The van der Waals surface area contributed by atoms with Gasteiger partial charge in [-0.2, -0.15) is 0 Å². The quantitative estimate of drug-likeness (QED) is 0.452. The van der Waals surface area contributed by atoms with Crippen LogP contribution < -0.4 is 0 Å². The predicted molar refractivity (Wildman–Crippen MR) is 78.7 cm³/mol. The largest absolute Gasteiger partial charge is 0.508 e. The minimum Gasteiger partial charge on any atom is -0.434 e. The number of benzene rings is 1. The first-order valence-corrected chi connectivity index (χ1v) is 7.30. The molecule has 0 aromatic heterocycles. The van der Waals surface area contributed by atoms with E-state index in [0.717, 1.165) is 19.3 Å². The van der Waals surface area contributed by atoms with Gasteiger partial charge in [0, 0.05) is 5.92 Å². The van der Waals surface area contributed by atoms with E-state index in [1.807, 2.05) is 18.2 Å². The van der Waals surface area contributed by atoms with Gasteiger partial charge in [0.25, 0.3) is 0 Å². The molecule has 0 aliphatic heterocycles. The molecule has 0 N–H and O–H groups in total. The molecule has 1 unspecified atom stereocenters. The van der Waals surface area contributed by atoms with Gasteiger partial charge >= 0.3 is 6.16 Å². The maximum absolute atomic E-state index is 11.7. The Morgan fingerprint density at radius 1 is 1.25 bits per heavy atom. The van der Waals surface area contributed by atoms with E-state index in [-0.39, 0.29) is 12.0 Å². The van der Waals surface area contributed by atoms with Crippen molar-refractivity contribution in [1.29, 1.82) is 0 Å². The Bertz CT molecular complexity index is 427. The van der Waals surface area contributed by atoms with E-state index in [9.17, 15) is 4.79 Å². The highest BCUT2D eigenvalue weighted by Gasteiger charge is 2.29. The second kappa shape index (κ2) is 7.73. The molecule has 2 atom stereocenters. The van der Waals surface area contributed by atoms with Gasteiger partial charge in [-0.15, -0.1) is 6.58 Å². The minimum atomic E-state index is -0.556. The number of ether oxygens (including phenoxy) is 2. The molecule has 0 radical (unpaired) electrons. The summed E-state index contributed by atoms with van der Waals surface area (Å²) in [6.07, 6.45) is 6.02. The number of hydrogen-bond donors (Lipinski definition) is 0. The Morgan fingerprint density at radius 3 is 2.75 bits per heavy atom. The van der Waals surface area contributed by atoms with Gasteiger partial charge in [0.2, 0.25) is 0 Å². The van der Waals surface area contributed by atoms with Crippen LogP contribution in [0.15, 0.2) is 43.0 Å². The molecule has 0 saturated heterocycles. The van der Waals surface area contributed by atoms with Crippen molar-refractivity contribution in [3.63, 3.8) is 0 Å². The smallest absolute Gasteiger partial charge is 0.434 e. The van der Waals surface area contributed by atoms with E-state index in [2.05, 4.69) is 18.7 Å². The molecular weight excluding hydrogens is 252 g/mol. The highest BCUT2D eigenvalue weighted by Crippen LogP contribution is 2.35. The van der Waals surface area contributed by atoms with Crippen LogP contribution in [0.25, 0.3) is 0 Å². The van der Waals surface area contributed by atoms with Crippen LogP contribution >= 0.6 is 0 Å². The molecule has 1 aliphatic rings. The van der Waals surface area contributed by atoms with Gasteiger partial charge in [-0.25, -0.2) is 4.79 Å². The zero-order valence-electron chi connectivity index (χ0n) is 11.8. The van der Waals surface area contributed by atoms with Gasteiger partial charge < -0.3 is 9.47 Å². The molecule has 1 aromatic rings. The molecule has 108 valence electrons. The van der Waals surface area contributed by atoms with Crippen molar-refractivity contribution in [3.8, 4) is 0 Å². The lowest BCUT2D eigenvalue weighted by Gasteiger charge is -2.31. The molecule has 1 fully saturated rings. The number of carbonyl (C=O) groups is 1. The van der Waals surface area contributed by atoms with E-state index >= 15 is 0 Å². The molecular formula is C17H22O3. The molecule has 1 aliphatic carbocycles. The Labute approximate surface area is 120 Å². The fourth-order valence-electron chi connectivity index (χ4n) is 2.70. The van der Waals surface area contributed by atoms with Crippen molar-refractivity contribution in [1.82, 2.24) is 0 Å². The lowest BCUT2D eigenvalue weighted by atomic mass is 9.81. The summed E-state index contributed by atoms with van der Waals surface area (Å²) in [7, 11) is 0. The van der Waals surface area contributed by atoms with Crippen LogP contribution in [0, 0.1) is 0 Å². The summed E-state index contributed by atoms with van der Waals surface area (Å²) in [5.41, 5.74) is 1.25. The van der Waals surface area contributed by atoms with Crippen molar-refractivity contribution in [2.24, 2.45) is 0 Å². The van der Waals surface area contributed by atoms with Gasteiger partial charge in [0.15, 0.2) is 0 Å². The van der Waals surface area contributed by atoms with E-state index in [0.29, 0.717) is 13.0 Å². The third kappa shape index (κ3) is 4.12. The Morgan fingerprint density at radius 2 is 2.00 bits per heavy atom. The molecule has 0 spiro atoms. The summed E-state index contributed by atoms with van der Waals surface area (Å²) in [4.78, 5) is 11.7. The summed E-state index contributed by atoms with van der Waals surface area (Å²) in [6, 6.07) is 10.3. The Hall–Kier alpha value is -1.77. The van der Waals surface area contributed by atoms with Crippen LogP contribution in [-0.2, 0) is 9.47 Å². The lowest BCUT2D eigenvalue weighted by Crippen LogP contribution is -2.29. The second-order valence-corrected chi connectivity index (χ2v) is 5.13. The van der Waals surface area contributed by atoms with Crippen LogP contribution in [0.4, 0.5) is 4.79 Å². The normalized spacial score (nSPS) is 22.0. The van der Waals surface area contributed by atoms with Crippen molar-refractivity contribution >= 4 is 6.16 Å². The zero-order valence-corrected chi connectivity index (χ0v) is 11.8. The summed E-state index contributed by atoms with van der Waals surface area (Å²) in [5.74, 6) is 0.289. The number of rotatable bonds is 5. The topological polar surface area (TPSA) is 35.5 Å². The van der Waals surface area contributed by atoms with Crippen molar-refractivity contribution in [3.05, 3.63) is 48.6 Å². The zero-order chi connectivity index (χ0) is 14.2. The second-order valence-electron chi connectivity index (χ2n) is 5.13. The van der Waals surface area contributed by atoms with Crippen LogP contribution in [0.2, 0.25) is 0 Å². The van der Waals surface area contributed by atoms with Gasteiger partial charge in [0.1, 0.15) is 6.10 Å². The standard InChI is InChI=1S/C17H22O3/c1-2-3-13-19-17(18)20-16-12-8-7-11-15(16)14-9-5-4-6-10-14/h2,4-6,9-10,15-16H,1,3,7-8,11-13H2/t15-,16?/m1/s1. The van der Waals surface area contributed by atoms with Crippen LogP contribution in [0.5, 0.6) is 0 Å². The maximum atomic E-state index is 11.7. The van der Waals surface area contributed by atoms with Crippen LogP contribution in [0.1, 0.15) is 43.6 Å².